The summed E-state index contributed by atoms with van der Waals surface area (Å²) in [6.45, 7) is 5.58. The van der Waals surface area contributed by atoms with E-state index in [0.29, 0.717) is 31.2 Å². The number of hydrogen-bond acceptors (Lipinski definition) is 6. The van der Waals surface area contributed by atoms with Crippen molar-refractivity contribution in [3.05, 3.63) is 28.2 Å². The van der Waals surface area contributed by atoms with Crippen LogP contribution in [0.4, 0.5) is 0 Å². The summed E-state index contributed by atoms with van der Waals surface area (Å²) < 4.78 is 5.71. The summed E-state index contributed by atoms with van der Waals surface area (Å²) in [5.41, 5.74) is 2.15. The van der Waals surface area contributed by atoms with Gasteiger partial charge in [-0.15, -0.1) is 11.3 Å². The van der Waals surface area contributed by atoms with Gasteiger partial charge in [-0.2, -0.15) is 5.10 Å². The fourth-order valence-corrected chi connectivity index (χ4v) is 2.70. The highest BCUT2D eigenvalue weighted by atomic mass is 32.1. The molecule has 3 rings (SSSR count). The Bertz CT molecular complexity index is 610. The van der Waals surface area contributed by atoms with Gasteiger partial charge in [-0.05, 0) is 0 Å². The molecule has 0 bridgehead atoms. The molecule has 3 heterocycles. The molecule has 1 N–H and O–H groups in total. The van der Waals surface area contributed by atoms with Crippen molar-refractivity contribution >= 4 is 17.2 Å². The van der Waals surface area contributed by atoms with Gasteiger partial charge >= 0.3 is 0 Å². The predicted octanol–water partition coefficient (Wildman–Crippen LogP) is 1.60. The quantitative estimate of drug-likeness (QED) is 0.931. The maximum Gasteiger partial charge on any atom is 0.273 e. The van der Waals surface area contributed by atoms with Crippen molar-refractivity contribution in [3.63, 3.8) is 0 Å². The average Bonchev–Trinajstić information content (AvgIpc) is 3.18. The second-order valence-electron chi connectivity index (χ2n) is 5.22. The highest BCUT2D eigenvalue weighted by Crippen LogP contribution is 2.21. The van der Waals surface area contributed by atoms with Gasteiger partial charge in [0, 0.05) is 17.8 Å². The molecular formula is C13H17N5O2S. The van der Waals surface area contributed by atoms with Crippen molar-refractivity contribution in [2.75, 3.05) is 19.7 Å². The third-order valence-corrected chi connectivity index (χ3v) is 3.93. The standard InChI is InChI=1S/C13H17N5O2S/c1-8(2)11-15-12(17-16-11)10-5-18(3-4-20-10)13(19)9-6-21-7-14-9/h6-8,10H,3-5H2,1-2H3,(H,15,16,17)/t10-/m1/s1. The Hall–Kier alpha value is -1.80. The van der Waals surface area contributed by atoms with Gasteiger partial charge in [0.1, 0.15) is 11.8 Å². The van der Waals surface area contributed by atoms with Crippen molar-refractivity contribution in [3.8, 4) is 0 Å². The van der Waals surface area contributed by atoms with E-state index in [9.17, 15) is 4.79 Å². The van der Waals surface area contributed by atoms with Crippen LogP contribution in [0.5, 0.6) is 0 Å². The van der Waals surface area contributed by atoms with Crippen molar-refractivity contribution in [1.29, 1.82) is 0 Å². The zero-order chi connectivity index (χ0) is 14.8. The summed E-state index contributed by atoms with van der Waals surface area (Å²) in [4.78, 5) is 22.6. The first-order valence-corrected chi connectivity index (χ1v) is 7.80. The summed E-state index contributed by atoms with van der Waals surface area (Å²) in [7, 11) is 0. The van der Waals surface area contributed by atoms with Crippen LogP contribution in [0.1, 0.15) is 48.0 Å². The van der Waals surface area contributed by atoms with Crippen LogP contribution in [0.25, 0.3) is 0 Å². The number of carbonyl (C=O) groups is 1. The van der Waals surface area contributed by atoms with E-state index in [1.165, 1.54) is 11.3 Å². The number of amides is 1. The SMILES string of the molecule is CC(C)c1n[nH]c([C@H]2CN(C(=O)c3cscn3)CCO2)n1. The van der Waals surface area contributed by atoms with E-state index in [0.717, 1.165) is 5.82 Å². The third-order valence-electron chi connectivity index (χ3n) is 3.35. The zero-order valence-electron chi connectivity index (χ0n) is 11.9. The van der Waals surface area contributed by atoms with Crippen LogP contribution in [-0.2, 0) is 4.74 Å². The van der Waals surface area contributed by atoms with E-state index >= 15 is 0 Å². The van der Waals surface area contributed by atoms with Crippen LogP contribution in [0.3, 0.4) is 0 Å². The molecule has 2 aromatic rings. The molecule has 0 aromatic carbocycles. The number of aromatic nitrogens is 4. The molecule has 0 saturated carbocycles. The Kier molecular flexibility index (Phi) is 3.98. The average molecular weight is 307 g/mol. The van der Waals surface area contributed by atoms with Crippen LogP contribution in [0.2, 0.25) is 0 Å². The molecule has 1 saturated heterocycles. The van der Waals surface area contributed by atoms with Crippen LogP contribution >= 0.6 is 11.3 Å². The molecule has 0 aliphatic carbocycles. The van der Waals surface area contributed by atoms with Crippen LogP contribution in [0.15, 0.2) is 10.9 Å². The normalized spacial score (nSPS) is 19.2. The number of H-pyrrole nitrogens is 1. The maximum atomic E-state index is 12.3. The van der Waals surface area contributed by atoms with Gasteiger partial charge in [-0.3, -0.25) is 9.89 Å². The topological polar surface area (TPSA) is 84.0 Å². The van der Waals surface area contributed by atoms with Gasteiger partial charge in [0.05, 0.1) is 18.7 Å². The summed E-state index contributed by atoms with van der Waals surface area (Å²) >= 11 is 1.42. The van der Waals surface area contributed by atoms with Crippen LogP contribution < -0.4 is 0 Å². The number of nitrogens with zero attached hydrogens (tertiary/aromatic N) is 4. The van der Waals surface area contributed by atoms with Gasteiger partial charge in [0.25, 0.3) is 5.91 Å². The molecular weight excluding hydrogens is 290 g/mol. The van der Waals surface area contributed by atoms with Gasteiger partial charge in [0.2, 0.25) is 0 Å². The number of morpholine rings is 1. The number of nitrogens with one attached hydrogen (secondary N) is 1. The molecule has 1 aliphatic rings. The van der Waals surface area contributed by atoms with Gasteiger partial charge in [0.15, 0.2) is 11.6 Å². The maximum absolute atomic E-state index is 12.3. The third kappa shape index (κ3) is 2.96. The molecule has 0 unspecified atom stereocenters. The number of hydrogen-bond donors (Lipinski definition) is 1. The summed E-state index contributed by atoms with van der Waals surface area (Å²) in [5.74, 6) is 1.63. The molecule has 2 aromatic heterocycles. The lowest BCUT2D eigenvalue weighted by molar-refractivity contribution is -0.0268. The molecule has 0 radical (unpaired) electrons. The predicted molar refractivity (Wildman–Crippen MR) is 77.2 cm³/mol. The first-order chi connectivity index (χ1) is 10.1. The number of thiazole rings is 1. The Morgan fingerprint density at radius 1 is 1.57 bits per heavy atom. The lowest BCUT2D eigenvalue weighted by atomic mass is 10.2. The minimum absolute atomic E-state index is 0.0619. The van der Waals surface area contributed by atoms with Crippen LogP contribution in [0, 0.1) is 0 Å². The fourth-order valence-electron chi connectivity index (χ4n) is 2.17. The molecule has 1 atom stereocenters. The molecule has 1 fully saturated rings. The number of ether oxygens (including phenoxy) is 1. The Morgan fingerprint density at radius 2 is 2.43 bits per heavy atom. The first kappa shape index (κ1) is 14.2. The number of carbonyl (C=O) groups excluding carboxylic acids is 1. The van der Waals surface area contributed by atoms with Crippen molar-refractivity contribution < 1.29 is 9.53 Å². The molecule has 21 heavy (non-hydrogen) atoms. The van der Waals surface area contributed by atoms with Crippen molar-refractivity contribution in [2.24, 2.45) is 0 Å². The minimum atomic E-state index is -0.263. The van der Waals surface area contributed by atoms with Gasteiger partial charge in [-0.25, -0.2) is 9.97 Å². The molecule has 0 spiro atoms. The molecule has 8 heteroatoms. The highest BCUT2D eigenvalue weighted by Gasteiger charge is 2.29. The highest BCUT2D eigenvalue weighted by molar-refractivity contribution is 7.07. The molecule has 1 aliphatic heterocycles. The number of aromatic amines is 1. The lowest BCUT2D eigenvalue weighted by Crippen LogP contribution is -2.42. The largest absolute Gasteiger partial charge is 0.367 e. The monoisotopic (exact) mass is 307 g/mol. The Labute approximate surface area is 126 Å². The van der Waals surface area contributed by atoms with E-state index in [1.807, 2.05) is 13.8 Å². The van der Waals surface area contributed by atoms with E-state index in [-0.39, 0.29) is 17.9 Å². The van der Waals surface area contributed by atoms with Gasteiger partial charge < -0.3 is 9.64 Å². The molecule has 112 valence electrons. The van der Waals surface area contributed by atoms with E-state index in [4.69, 9.17) is 4.74 Å². The van der Waals surface area contributed by atoms with Crippen LogP contribution in [-0.4, -0.2) is 50.7 Å². The first-order valence-electron chi connectivity index (χ1n) is 6.86. The Morgan fingerprint density at radius 3 is 3.10 bits per heavy atom. The molecule has 7 nitrogen and oxygen atoms in total. The smallest absolute Gasteiger partial charge is 0.273 e. The summed E-state index contributed by atoms with van der Waals surface area (Å²) in [6.07, 6.45) is -0.263. The summed E-state index contributed by atoms with van der Waals surface area (Å²) in [6, 6.07) is 0. The summed E-state index contributed by atoms with van der Waals surface area (Å²) in [5, 5.41) is 8.86. The van der Waals surface area contributed by atoms with E-state index < -0.39 is 0 Å². The lowest BCUT2D eigenvalue weighted by Gasteiger charge is -2.31. The van der Waals surface area contributed by atoms with Crippen molar-refractivity contribution in [2.45, 2.75) is 25.9 Å². The fraction of sp³-hybridized carbons (Fsp3) is 0.538. The second kappa shape index (κ2) is 5.90. The molecule has 1 amide bonds. The van der Waals surface area contributed by atoms with Gasteiger partial charge in [-0.1, -0.05) is 13.8 Å². The second-order valence-corrected chi connectivity index (χ2v) is 5.94. The van der Waals surface area contributed by atoms with E-state index in [1.54, 1.807) is 15.8 Å². The van der Waals surface area contributed by atoms with E-state index in [2.05, 4.69) is 20.2 Å². The zero-order valence-corrected chi connectivity index (χ0v) is 12.8. The van der Waals surface area contributed by atoms with Crippen molar-refractivity contribution in [1.82, 2.24) is 25.1 Å². The Balaban J connectivity index is 1.72. The number of rotatable bonds is 3. The minimum Gasteiger partial charge on any atom is -0.367 e.